The van der Waals surface area contributed by atoms with Gasteiger partial charge in [-0.2, -0.15) is 0 Å². The highest BCUT2D eigenvalue weighted by atomic mass is 19.1. The summed E-state index contributed by atoms with van der Waals surface area (Å²) in [5.74, 6) is -2.03. The van der Waals surface area contributed by atoms with Gasteiger partial charge in [0.25, 0.3) is 0 Å². The predicted octanol–water partition coefficient (Wildman–Crippen LogP) is 4.77. The molecule has 5 nitrogen and oxygen atoms in total. The zero-order valence-corrected chi connectivity index (χ0v) is 17.0. The number of aliphatic carboxylic acids is 1. The largest absolute Gasteiger partial charge is 0.480 e. The minimum Gasteiger partial charge on any atom is -0.480 e. The predicted molar refractivity (Wildman–Crippen MR) is 112 cm³/mol. The van der Waals surface area contributed by atoms with Crippen LogP contribution in [0, 0.1) is 25.5 Å². The number of aromatic nitrogens is 2. The monoisotopic (exact) mass is 422 g/mol. The van der Waals surface area contributed by atoms with Gasteiger partial charge in [-0.3, -0.25) is 9.59 Å². The summed E-state index contributed by atoms with van der Waals surface area (Å²) in [7, 11) is 0. The molecule has 2 aromatic heterocycles. The Kier molecular flexibility index (Phi) is 5.19. The maximum absolute atomic E-state index is 14.0. The Hall–Kier alpha value is -3.74. The van der Waals surface area contributed by atoms with E-state index in [1.807, 2.05) is 6.92 Å². The Morgan fingerprint density at radius 2 is 1.71 bits per heavy atom. The van der Waals surface area contributed by atoms with Crippen LogP contribution in [0.4, 0.5) is 8.78 Å². The van der Waals surface area contributed by atoms with Crippen LogP contribution >= 0.6 is 0 Å². The molecule has 0 unspecified atom stereocenters. The van der Waals surface area contributed by atoms with Gasteiger partial charge >= 0.3 is 5.97 Å². The third kappa shape index (κ3) is 3.74. The van der Waals surface area contributed by atoms with Crippen LogP contribution in [-0.4, -0.2) is 26.4 Å². The molecule has 0 saturated carbocycles. The number of fused-ring (bicyclic) bond motifs is 1. The molecule has 0 aliphatic rings. The first-order valence-corrected chi connectivity index (χ1v) is 9.72. The van der Waals surface area contributed by atoms with Crippen molar-refractivity contribution in [1.82, 2.24) is 9.55 Å². The number of hydrogen-bond acceptors (Lipinski definition) is 2. The second kappa shape index (κ2) is 7.83. The molecule has 0 bridgehead atoms. The van der Waals surface area contributed by atoms with E-state index < -0.39 is 17.6 Å². The van der Waals surface area contributed by atoms with Crippen LogP contribution in [0.2, 0.25) is 0 Å². The van der Waals surface area contributed by atoms with Crippen LogP contribution in [0.1, 0.15) is 38.4 Å². The Bertz CT molecular complexity index is 1320. The van der Waals surface area contributed by atoms with Crippen LogP contribution in [-0.2, 0) is 17.8 Å². The lowest BCUT2D eigenvalue weighted by molar-refractivity contribution is -0.137. The number of benzene rings is 2. The molecule has 31 heavy (non-hydrogen) atoms. The van der Waals surface area contributed by atoms with E-state index in [9.17, 15) is 23.5 Å². The summed E-state index contributed by atoms with van der Waals surface area (Å²) >= 11 is 0. The average Bonchev–Trinajstić information content (AvgIpc) is 3.20. The van der Waals surface area contributed by atoms with Crippen molar-refractivity contribution in [2.24, 2.45) is 0 Å². The molecule has 0 spiro atoms. The number of rotatable bonds is 6. The molecule has 2 heterocycles. The van der Waals surface area contributed by atoms with Crippen LogP contribution in [0.5, 0.6) is 0 Å². The number of nitrogens with zero attached hydrogens (tertiary/aromatic N) is 1. The normalized spacial score (nSPS) is 11.2. The van der Waals surface area contributed by atoms with Gasteiger partial charge in [0.1, 0.15) is 18.2 Å². The Balaban J connectivity index is 1.74. The van der Waals surface area contributed by atoms with Gasteiger partial charge in [0.2, 0.25) is 0 Å². The lowest BCUT2D eigenvalue weighted by Crippen LogP contribution is -2.10. The van der Waals surface area contributed by atoms with Gasteiger partial charge in [0.05, 0.1) is 0 Å². The molecule has 0 atom stereocenters. The molecule has 7 heteroatoms. The highest BCUT2D eigenvalue weighted by Crippen LogP contribution is 2.30. The van der Waals surface area contributed by atoms with Crippen molar-refractivity contribution in [3.63, 3.8) is 0 Å². The van der Waals surface area contributed by atoms with Crippen molar-refractivity contribution in [2.45, 2.75) is 26.8 Å². The SMILES string of the molecule is Cc1c(C(=O)c2ccc(F)cc2)c[nH]c1Cc1c(C)n(CC(=O)O)c2ccc(F)cc12. The highest BCUT2D eigenvalue weighted by molar-refractivity contribution is 6.10. The minimum atomic E-state index is -0.987. The lowest BCUT2D eigenvalue weighted by Gasteiger charge is -2.06. The molecule has 0 amide bonds. The number of nitrogens with one attached hydrogen (secondary N) is 1. The van der Waals surface area contributed by atoms with Gasteiger partial charge < -0.3 is 14.7 Å². The van der Waals surface area contributed by atoms with Crippen LogP contribution in [0.25, 0.3) is 10.9 Å². The standard InChI is InChI=1S/C24H20F2N2O3/c1-13-20(24(31)15-3-5-16(25)6-4-15)11-27-21(13)10-18-14(2)28(12-23(29)30)22-8-7-17(26)9-19(18)22/h3-9,11,27H,10,12H2,1-2H3,(H,29,30). The van der Waals surface area contributed by atoms with Gasteiger partial charge in [0.15, 0.2) is 5.78 Å². The first-order valence-electron chi connectivity index (χ1n) is 9.72. The van der Waals surface area contributed by atoms with Crippen molar-refractivity contribution >= 4 is 22.7 Å². The summed E-state index contributed by atoms with van der Waals surface area (Å²) in [6.45, 7) is 3.39. The molecule has 0 radical (unpaired) electrons. The fourth-order valence-electron chi connectivity index (χ4n) is 3.98. The van der Waals surface area contributed by atoms with Crippen molar-refractivity contribution in [2.75, 3.05) is 0 Å². The number of carboxylic acids is 1. The molecule has 4 rings (SSSR count). The number of H-pyrrole nitrogens is 1. The van der Waals surface area contributed by atoms with E-state index in [4.69, 9.17) is 0 Å². The Morgan fingerprint density at radius 3 is 2.39 bits per heavy atom. The van der Waals surface area contributed by atoms with Crippen LogP contribution in [0.15, 0.2) is 48.7 Å². The van der Waals surface area contributed by atoms with E-state index in [1.54, 1.807) is 23.8 Å². The number of carbonyl (C=O) groups is 2. The summed E-state index contributed by atoms with van der Waals surface area (Å²) in [6.07, 6.45) is 1.99. The van der Waals surface area contributed by atoms with Gasteiger partial charge in [-0.1, -0.05) is 0 Å². The van der Waals surface area contributed by atoms with Crippen molar-refractivity contribution in [1.29, 1.82) is 0 Å². The third-order valence-electron chi connectivity index (χ3n) is 5.66. The summed E-state index contributed by atoms with van der Waals surface area (Å²) in [5, 5.41) is 9.91. The van der Waals surface area contributed by atoms with Gasteiger partial charge in [-0.05, 0) is 67.4 Å². The molecule has 0 fully saturated rings. The molecule has 2 aromatic carbocycles. The molecule has 0 aliphatic carbocycles. The number of carboxylic acid groups (broad SMARTS) is 1. The summed E-state index contributed by atoms with van der Waals surface area (Å²) in [4.78, 5) is 27.3. The summed E-state index contributed by atoms with van der Waals surface area (Å²) in [5.41, 5.74) is 4.52. The quantitative estimate of drug-likeness (QED) is 0.440. The van der Waals surface area contributed by atoms with Gasteiger partial charge in [0, 0.05) is 46.0 Å². The average molecular weight is 422 g/mol. The zero-order chi connectivity index (χ0) is 22.3. The highest BCUT2D eigenvalue weighted by Gasteiger charge is 2.20. The van der Waals surface area contributed by atoms with Crippen molar-refractivity contribution in [3.05, 3.63) is 93.9 Å². The molecule has 4 aromatic rings. The van der Waals surface area contributed by atoms with Gasteiger partial charge in [-0.25, -0.2) is 8.78 Å². The van der Waals surface area contributed by atoms with Crippen molar-refractivity contribution < 1.29 is 23.5 Å². The smallest absolute Gasteiger partial charge is 0.323 e. The number of hydrogen-bond donors (Lipinski definition) is 2. The van der Waals surface area contributed by atoms with E-state index in [2.05, 4.69) is 4.98 Å². The first-order chi connectivity index (χ1) is 14.8. The number of aromatic amines is 1. The molecular formula is C24H20F2N2O3. The summed E-state index contributed by atoms with van der Waals surface area (Å²) in [6, 6.07) is 9.65. The molecular weight excluding hydrogens is 402 g/mol. The Labute approximate surface area is 176 Å². The molecule has 0 saturated heterocycles. The molecule has 158 valence electrons. The first kappa shape index (κ1) is 20.5. The third-order valence-corrected chi connectivity index (χ3v) is 5.66. The fourth-order valence-corrected chi connectivity index (χ4v) is 3.98. The fraction of sp³-hybridized carbons (Fsp3) is 0.167. The number of halogens is 2. The molecule has 0 aliphatic heterocycles. The number of carbonyl (C=O) groups excluding carboxylic acids is 1. The van der Waals surface area contributed by atoms with Crippen LogP contribution < -0.4 is 0 Å². The van der Waals surface area contributed by atoms with E-state index in [0.717, 1.165) is 22.5 Å². The van der Waals surface area contributed by atoms with Gasteiger partial charge in [-0.15, -0.1) is 0 Å². The second-order valence-corrected chi connectivity index (χ2v) is 7.52. The van der Waals surface area contributed by atoms with E-state index >= 15 is 0 Å². The maximum Gasteiger partial charge on any atom is 0.323 e. The van der Waals surface area contributed by atoms with Crippen molar-refractivity contribution in [3.8, 4) is 0 Å². The van der Waals surface area contributed by atoms with E-state index in [1.165, 1.54) is 36.4 Å². The summed E-state index contributed by atoms with van der Waals surface area (Å²) < 4.78 is 28.8. The maximum atomic E-state index is 14.0. The number of ketones is 1. The van der Waals surface area contributed by atoms with Crippen LogP contribution in [0.3, 0.4) is 0 Å². The van der Waals surface area contributed by atoms with E-state index in [0.29, 0.717) is 28.5 Å². The Morgan fingerprint density at radius 1 is 1.03 bits per heavy atom. The molecule has 2 N–H and O–H groups in total. The lowest BCUT2D eigenvalue weighted by atomic mass is 9.99. The minimum absolute atomic E-state index is 0.226. The second-order valence-electron chi connectivity index (χ2n) is 7.52. The topological polar surface area (TPSA) is 75.1 Å². The van der Waals surface area contributed by atoms with E-state index in [-0.39, 0.29) is 12.3 Å². The zero-order valence-electron chi connectivity index (χ0n) is 17.0.